The highest BCUT2D eigenvalue weighted by atomic mass is 35.5. The summed E-state index contributed by atoms with van der Waals surface area (Å²) in [6, 6.07) is 0.961. The Kier molecular flexibility index (Phi) is 5.66. The number of rotatable bonds is 3. The molecule has 0 amide bonds. The summed E-state index contributed by atoms with van der Waals surface area (Å²) < 4.78 is 112. The zero-order chi connectivity index (χ0) is 24.7. The van der Waals surface area contributed by atoms with Crippen molar-refractivity contribution in [3.63, 3.8) is 0 Å². The lowest BCUT2D eigenvalue weighted by Crippen LogP contribution is -2.36. The predicted molar refractivity (Wildman–Crippen MR) is 111 cm³/mol. The average molecular weight is 556 g/mol. The summed E-state index contributed by atoms with van der Waals surface area (Å²) in [7, 11) is -13.3. The molecule has 32 heavy (non-hydrogen) atoms. The van der Waals surface area contributed by atoms with Crippen LogP contribution >= 0.6 is 23.2 Å². The van der Waals surface area contributed by atoms with Gasteiger partial charge in [-0.05, 0) is 19.1 Å². The van der Waals surface area contributed by atoms with Crippen molar-refractivity contribution in [2.75, 3.05) is 23.5 Å². The van der Waals surface area contributed by atoms with Gasteiger partial charge in [0.15, 0.2) is 29.5 Å². The fraction of sp³-hybridized carbons (Fsp3) is 0.400. The lowest BCUT2D eigenvalue weighted by Gasteiger charge is -2.20. The molecule has 0 unspecified atom stereocenters. The standard InChI is InChI=1S/C15H14Cl2F3N3O6S3/c1-14(31(26,27)3-4-32(14,28)29)12-11(30(2,24)25)13(21)23(22-12)10-8(16)5-7(6-9(10)17)15(18,19)20/h5-6H,3-4,21H2,1-2H3. The first-order chi connectivity index (χ1) is 14.3. The minimum atomic E-state index is -4.82. The number of benzene rings is 1. The van der Waals surface area contributed by atoms with Crippen LogP contribution in [0.1, 0.15) is 18.2 Å². The molecule has 2 heterocycles. The molecule has 178 valence electrons. The molecule has 2 aromatic rings. The summed E-state index contributed by atoms with van der Waals surface area (Å²) in [4.78, 5) is -0.916. The van der Waals surface area contributed by atoms with Crippen LogP contribution in [0.25, 0.3) is 5.69 Å². The van der Waals surface area contributed by atoms with Gasteiger partial charge in [-0.3, -0.25) is 0 Å². The predicted octanol–water partition coefficient (Wildman–Crippen LogP) is 2.20. The Morgan fingerprint density at radius 3 is 1.91 bits per heavy atom. The van der Waals surface area contributed by atoms with Crippen LogP contribution in [0, 0.1) is 0 Å². The monoisotopic (exact) mass is 555 g/mol. The van der Waals surface area contributed by atoms with E-state index in [1.807, 2.05) is 0 Å². The van der Waals surface area contributed by atoms with Crippen LogP contribution in [0.4, 0.5) is 19.0 Å². The first kappa shape index (κ1) is 25.1. The maximum Gasteiger partial charge on any atom is 0.416 e. The molecule has 1 fully saturated rings. The molecule has 0 bridgehead atoms. The van der Waals surface area contributed by atoms with E-state index in [1.165, 1.54) is 0 Å². The zero-order valence-electron chi connectivity index (χ0n) is 16.1. The van der Waals surface area contributed by atoms with E-state index in [0.717, 1.165) is 6.92 Å². The molecule has 0 spiro atoms. The van der Waals surface area contributed by atoms with Gasteiger partial charge in [0.1, 0.15) is 22.1 Å². The fourth-order valence-electron chi connectivity index (χ4n) is 3.28. The molecule has 1 aromatic heterocycles. The van der Waals surface area contributed by atoms with Crippen molar-refractivity contribution in [1.82, 2.24) is 9.78 Å². The minimum absolute atomic E-state index is 0.481. The first-order valence-electron chi connectivity index (χ1n) is 8.36. The topological polar surface area (TPSA) is 146 Å². The highest BCUT2D eigenvalue weighted by Crippen LogP contribution is 2.47. The molecule has 1 aliphatic rings. The van der Waals surface area contributed by atoms with Crippen molar-refractivity contribution in [2.24, 2.45) is 0 Å². The molecule has 0 atom stereocenters. The van der Waals surface area contributed by atoms with Crippen molar-refractivity contribution < 1.29 is 38.4 Å². The lowest BCUT2D eigenvalue weighted by molar-refractivity contribution is -0.137. The summed E-state index contributed by atoms with van der Waals surface area (Å²) in [6.45, 7) is 0.779. The van der Waals surface area contributed by atoms with Gasteiger partial charge in [-0.25, -0.2) is 29.9 Å². The maximum absolute atomic E-state index is 13.0. The van der Waals surface area contributed by atoms with E-state index in [9.17, 15) is 38.4 Å². The van der Waals surface area contributed by atoms with Crippen LogP contribution in [0.5, 0.6) is 0 Å². The van der Waals surface area contributed by atoms with Crippen LogP contribution in [0.2, 0.25) is 10.0 Å². The van der Waals surface area contributed by atoms with E-state index in [1.54, 1.807) is 0 Å². The first-order valence-corrected chi connectivity index (χ1v) is 14.3. The van der Waals surface area contributed by atoms with Crippen LogP contribution in [0.3, 0.4) is 0 Å². The number of nitrogen functional groups attached to an aromatic ring is 1. The molecule has 9 nitrogen and oxygen atoms in total. The number of halogens is 5. The van der Waals surface area contributed by atoms with Gasteiger partial charge in [0.05, 0.1) is 27.1 Å². The number of nitrogens with two attached hydrogens (primary N) is 1. The Labute approximate surface area is 191 Å². The molecule has 0 radical (unpaired) electrons. The van der Waals surface area contributed by atoms with Gasteiger partial charge < -0.3 is 5.73 Å². The fourth-order valence-corrected chi connectivity index (χ4v) is 10.6. The molecule has 0 saturated carbocycles. The van der Waals surface area contributed by atoms with Gasteiger partial charge in [0, 0.05) is 6.26 Å². The van der Waals surface area contributed by atoms with Crippen LogP contribution in [-0.4, -0.2) is 52.8 Å². The minimum Gasteiger partial charge on any atom is -0.382 e. The SMILES string of the molecule is CC1(c2nn(-c3c(Cl)cc(C(F)(F)F)cc3Cl)c(N)c2S(C)(=O)=O)S(=O)(=O)CCS1(=O)=O. The van der Waals surface area contributed by atoms with Crippen molar-refractivity contribution in [2.45, 2.75) is 22.1 Å². The molecule has 17 heteroatoms. The van der Waals surface area contributed by atoms with Gasteiger partial charge in [0.25, 0.3) is 0 Å². The zero-order valence-corrected chi connectivity index (χ0v) is 20.1. The highest BCUT2D eigenvalue weighted by molar-refractivity contribution is 8.12. The summed E-state index contributed by atoms with van der Waals surface area (Å²) in [5, 5.41) is 2.52. The number of alkyl halides is 3. The van der Waals surface area contributed by atoms with Gasteiger partial charge in [-0.2, -0.15) is 18.3 Å². The largest absolute Gasteiger partial charge is 0.416 e. The van der Waals surface area contributed by atoms with Crippen LogP contribution < -0.4 is 5.73 Å². The van der Waals surface area contributed by atoms with Crippen molar-refractivity contribution in [3.8, 4) is 5.69 Å². The van der Waals surface area contributed by atoms with Crippen LogP contribution in [-0.2, 0) is 39.8 Å². The summed E-state index contributed by atoms with van der Waals surface area (Å²) in [6.07, 6.45) is -4.17. The van der Waals surface area contributed by atoms with Gasteiger partial charge in [-0.15, -0.1) is 0 Å². The van der Waals surface area contributed by atoms with Crippen LogP contribution in [0.15, 0.2) is 17.0 Å². The number of aromatic nitrogens is 2. The van der Waals surface area contributed by atoms with E-state index >= 15 is 0 Å². The second-order valence-corrected chi connectivity index (χ2v) is 15.1. The quantitative estimate of drug-likeness (QED) is 0.606. The Morgan fingerprint density at radius 2 is 1.53 bits per heavy atom. The lowest BCUT2D eigenvalue weighted by atomic mass is 10.2. The Balaban J connectivity index is 2.46. The van der Waals surface area contributed by atoms with Crippen molar-refractivity contribution in [1.29, 1.82) is 0 Å². The number of hydrogen-bond acceptors (Lipinski definition) is 8. The molecule has 1 aromatic carbocycles. The van der Waals surface area contributed by atoms with E-state index in [-0.39, 0.29) is 0 Å². The Hall–Kier alpha value is -1.55. The number of hydrogen-bond donors (Lipinski definition) is 1. The Morgan fingerprint density at radius 1 is 1.09 bits per heavy atom. The van der Waals surface area contributed by atoms with E-state index in [4.69, 9.17) is 28.9 Å². The molecule has 1 aliphatic heterocycles. The second kappa shape index (κ2) is 7.22. The molecular weight excluding hydrogens is 542 g/mol. The molecule has 3 rings (SSSR count). The average Bonchev–Trinajstić information content (AvgIpc) is 3.02. The molecule has 0 aliphatic carbocycles. The van der Waals surface area contributed by atoms with E-state index < -0.39 is 89.0 Å². The number of anilines is 1. The third-order valence-electron chi connectivity index (χ3n) is 5.04. The summed E-state index contributed by atoms with van der Waals surface area (Å²) in [5.41, 5.74) is 3.25. The third-order valence-corrected chi connectivity index (χ3v) is 12.8. The van der Waals surface area contributed by atoms with Crippen molar-refractivity contribution >= 4 is 58.5 Å². The maximum atomic E-state index is 13.0. The van der Waals surface area contributed by atoms with Gasteiger partial charge in [0.2, 0.25) is 4.08 Å². The molecular formula is C15H14Cl2F3N3O6S3. The second-order valence-electron chi connectivity index (χ2n) is 7.12. The van der Waals surface area contributed by atoms with E-state index in [2.05, 4.69) is 5.10 Å². The van der Waals surface area contributed by atoms with Crippen molar-refractivity contribution in [3.05, 3.63) is 33.4 Å². The smallest absolute Gasteiger partial charge is 0.382 e. The highest BCUT2D eigenvalue weighted by Gasteiger charge is 2.61. The third kappa shape index (κ3) is 3.57. The number of nitrogens with zero attached hydrogens (tertiary/aromatic N) is 2. The normalized spacial score (nSPS) is 19.8. The Bertz CT molecular complexity index is 1410. The summed E-state index contributed by atoms with van der Waals surface area (Å²) >= 11 is 11.9. The van der Waals surface area contributed by atoms with Gasteiger partial charge in [-0.1, -0.05) is 23.2 Å². The molecule has 1 saturated heterocycles. The van der Waals surface area contributed by atoms with Gasteiger partial charge >= 0.3 is 6.18 Å². The number of sulfone groups is 3. The summed E-state index contributed by atoms with van der Waals surface area (Å²) in [5.74, 6) is -2.35. The van der Waals surface area contributed by atoms with E-state index in [0.29, 0.717) is 23.1 Å². The molecule has 2 N–H and O–H groups in total.